The smallest absolute Gasteiger partial charge is 0.422 e. The average molecular weight is 449 g/mol. The number of nitrogens with one attached hydrogen (secondary N) is 1. The van der Waals surface area contributed by atoms with Gasteiger partial charge in [-0.05, 0) is 43.2 Å². The van der Waals surface area contributed by atoms with Crippen LogP contribution in [-0.2, 0) is 4.79 Å². The number of rotatable bonds is 5. The Morgan fingerprint density at radius 2 is 1.97 bits per heavy atom. The fourth-order valence-electron chi connectivity index (χ4n) is 3.43. The predicted molar refractivity (Wildman–Crippen MR) is 110 cm³/mol. The molecule has 6 nitrogen and oxygen atoms in total. The van der Waals surface area contributed by atoms with Crippen molar-refractivity contribution in [1.29, 1.82) is 0 Å². The molecule has 0 radical (unpaired) electrons. The Kier molecular flexibility index (Phi) is 5.81. The molecule has 162 valence electrons. The van der Waals surface area contributed by atoms with E-state index in [0.29, 0.717) is 33.9 Å². The van der Waals surface area contributed by atoms with Crippen molar-refractivity contribution in [3.63, 3.8) is 0 Å². The number of benzene rings is 2. The third-order valence-electron chi connectivity index (χ3n) is 4.83. The third kappa shape index (κ3) is 4.96. The average Bonchev–Trinajstić information content (AvgIpc) is 3.38. The molecule has 0 aliphatic carbocycles. The Morgan fingerprint density at radius 3 is 2.71 bits per heavy atom. The molecule has 1 atom stereocenters. The number of hydrogen-bond donors (Lipinski definition) is 1. The highest BCUT2D eigenvalue weighted by Gasteiger charge is 2.35. The first-order valence-corrected chi connectivity index (χ1v) is 10.4. The summed E-state index contributed by atoms with van der Waals surface area (Å²) in [5.74, 6) is -0.467. The second-order valence-corrected chi connectivity index (χ2v) is 8.09. The van der Waals surface area contributed by atoms with E-state index in [1.54, 1.807) is 29.2 Å². The largest absolute Gasteiger partial charge is 0.484 e. The van der Waals surface area contributed by atoms with E-state index >= 15 is 0 Å². The standard InChI is InChI=1S/C21H18F3N3O3S/c22-21(23,24)12-30-14-8-9-15-17(11-14)31-20(25-15)26-18(28)16-7-4-10-27(16)19(29)13-5-2-1-3-6-13/h1-3,5-6,8-9,11,16H,4,7,10,12H2,(H,25,26,28). The second-order valence-electron chi connectivity index (χ2n) is 7.06. The minimum absolute atomic E-state index is 0.0711. The number of likely N-dealkylation sites (tertiary alicyclic amines) is 1. The van der Waals surface area contributed by atoms with Gasteiger partial charge in [0.05, 0.1) is 10.2 Å². The summed E-state index contributed by atoms with van der Waals surface area (Å²) in [6.07, 6.45) is -3.16. The Bertz CT molecular complexity index is 1100. The van der Waals surface area contributed by atoms with Crippen LogP contribution < -0.4 is 10.1 Å². The zero-order valence-electron chi connectivity index (χ0n) is 16.2. The molecule has 4 rings (SSSR count). The normalized spacial score (nSPS) is 16.5. The molecule has 0 saturated carbocycles. The molecule has 1 fully saturated rings. The topological polar surface area (TPSA) is 71.5 Å². The van der Waals surface area contributed by atoms with Crippen LogP contribution in [0.25, 0.3) is 10.2 Å². The zero-order chi connectivity index (χ0) is 22.0. The van der Waals surface area contributed by atoms with Gasteiger partial charge in [-0.1, -0.05) is 29.5 Å². The van der Waals surface area contributed by atoms with Crippen LogP contribution in [0.1, 0.15) is 23.2 Å². The monoisotopic (exact) mass is 449 g/mol. The van der Waals surface area contributed by atoms with E-state index in [0.717, 1.165) is 17.8 Å². The first-order valence-electron chi connectivity index (χ1n) is 9.57. The molecule has 31 heavy (non-hydrogen) atoms. The number of alkyl halides is 3. The number of anilines is 1. The van der Waals surface area contributed by atoms with Gasteiger partial charge >= 0.3 is 6.18 Å². The summed E-state index contributed by atoms with van der Waals surface area (Å²) >= 11 is 1.13. The lowest BCUT2D eigenvalue weighted by Crippen LogP contribution is -2.43. The Balaban J connectivity index is 1.45. The highest BCUT2D eigenvalue weighted by molar-refractivity contribution is 7.22. The van der Waals surface area contributed by atoms with Crippen molar-refractivity contribution in [2.24, 2.45) is 0 Å². The molecule has 2 aromatic carbocycles. The lowest BCUT2D eigenvalue weighted by atomic mass is 10.1. The molecule has 1 N–H and O–H groups in total. The van der Waals surface area contributed by atoms with Gasteiger partial charge in [0.25, 0.3) is 5.91 Å². The number of ether oxygens (including phenoxy) is 1. The van der Waals surface area contributed by atoms with Crippen LogP contribution >= 0.6 is 11.3 Å². The maximum absolute atomic E-state index is 12.8. The van der Waals surface area contributed by atoms with Crippen LogP contribution in [-0.4, -0.2) is 47.1 Å². The number of carbonyl (C=O) groups excluding carboxylic acids is 2. The summed E-state index contributed by atoms with van der Waals surface area (Å²) in [4.78, 5) is 31.5. The molecule has 1 aromatic heterocycles. The van der Waals surface area contributed by atoms with Crippen LogP contribution in [0, 0.1) is 0 Å². The summed E-state index contributed by atoms with van der Waals surface area (Å²) < 4.78 is 42.3. The Morgan fingerprint density at radius 1 is 1.19 bits per heavy atom. The van der Waals surface area contributed by atoms with Crippen LogP contribution in [0.2, 0.25) is 0 Å². The molecule has 3 aromatic rings. The van der Waals surface area contributed by atoms with Crippen LogP contribution in [0.3, 0.4) is 0 Å². The van der Waals surface area contributed by atoms with Crippen molar-refractivity contribution in [2.75, 3.05) is 18.5 Å². The van der Waals surface area contributed by atoms with Gasteiger partial charge < -0.3 is 15.0 Å². The molecule has 1 saturated heterocycles. The van der Waals surface area contributed by atoms with Gasteiger partial charge in [0, 0.05) is 12.1 Å². The van der Waals surface area contributed by atoms with Crippen LogP contribution in [0.4, 0.5) is 18.3 Å². The van der Waals surface area contributed by atoms with E-state index in [1.807, 2.05) is 6.07 Å². The lowest BCUT2D eigenvalue weighted by molar-refractivity contribution is -0.153. The number of amides is 2. The van der Waals surface area contributed by atoms with Crippen molar-refractivity contribution >= 4 is 38.5 Å². The van der Waals surface area contributed by atoms with E-state index in [1.165, 1.54) is 18.2 Å². The van der Waals surface area contributed by atoms with Gasteiger partial charge in [-0.15, -0.1) is 0 Å². The number of halogens is 3. The molecule has 1 unspecified atom stereocenters. The van der Waals surface area contributed by atoms with E-state index < -0.39 is 18.8 Å². The summed E-state index contributed by atoms with van der Waals surface area (Å²) in [7, 11) is 0. The van der Waals surface area contributed by atoms with Gasteiger partial charge in [0.1, 0.15) is 11.8 Å². The number of nitrogens with zero attached hydrogens (tertiary/aromatic N) is 2. The molecule has 0 bridgehead atoms. The Hall–Kier alpha value is -3.14. The SMILES string of the molecule is O=C(Nc1nc2ccc(OCC(F)(F)F)cc2s1)C1CCCN1C(=O)c1ccccc1. The number of carbonyl (C=O) groups is 2. The van der Waals surface area contributed by atoms with Gasteiger partial charge in [-0.3, -0.25) is 9.59 Å². The van der Waals surface area contributed by atoms with E-state index in [4.69, 9.17) is 4.74 Å². The summed E-state index contributed by atoms with van der Waals surface area (Å²) in [5.41, 5.74) is 1.05. The quantitative estimate of drug-likeness (QED) is 0.624. The van der Waals surface area contributed by atoms with Gasteiger partial charge in [0.15, 0.2) is 11.7 Å². The molecular weight excluding hydrogens is 431 g/mol. The fraction of sp³-hybridized carbons (Fsp3) is 0.286. The third-order valence-corrected chi connectivity index (χ3v) is 5.76. The molecule has 2 amide bonds. The van der Waals surface area contributed by atoms with Gasteiger partial charge in [0.2, 0.25) is 5.91 Å². The predicted octanol–water partition coefficient (Wildman–Crippen LogP) is 4.48. The van der Waals surface area contributed by atoms with Crippen LogP contribution in [0.5, 0.6) is 5.75 Å². The Labute approximate surface area is 179 Å². The minimum atomic E-state index is -4.42. The summed E-state index contributed by atoms with van der Waals surface area (Å²) in [5, 5.41) is 3.05. The van der Waals surface area contributed by atoms with Gasteiger partial charge in [-0.2, -0.15) is 13.2 Å². The number of aromatic nitrogens is 1. The highest BCUT2D eigenvalue weighted by Crippen LogP contribution is 2.31. The second kappa shape index (κ2) is 8.54. The van der Waals surface area contributed by atoms with E-state index in [2.05, 4.69) is 10.3 Å². The molecule has 1 aliphatic heterocycles. The fourth-order valence-corrected chi connectivity index (χ4v) is 4.33. The van der Waals surface area contributed by atoms with Crippen molar-refractivity contribution < 1.29 is 27.5 Å². The number of fused-ring (bicyclic) bond motifs is 1. The van der Waals surface area contributed by atoms with Crippen molar-refractivity contribution in [2.45, 2.75) is 25.1 Å². The van der Waals surface area contributed by atoms with Gasteiger partial charge in [-0.25, -0.2) is 4.98 Å². The zero-order valence-corrected chi connectivity index (χ0v) is 17.0. The maximum atomic E-state index is 12.8. The van der Waals surface area contributed by atoms with E-state index in [9.17, 15) is 22.8 Å². The molecule has 10 heteroatoms. The van der Waals surface area contributed by atoms with Crippen LogP contribution in [0.15, 0.2) is 48.5 Å². The van der Waals surface area contributed by atoms with Crippen molar-refractivity contribution in [1.82, 2.24) is 9.88 Å². The molecule has 0 spiro atoms. The van der Waals surface area contributed by atoms with Crippen molar-refractivity contribution in [3.05, 3.63) is 54.1 Å². The molecular formula is C21H18F3N3O3S. The molecule has 2 heterocycles. The minimum Gasteiger partial charge on any atom is -0.484 e. The first kappa shape index (κ1) is 21.1. The molecule has 1 aliphatic rings. The van der Waals surface area contributed by atoms with Crippen molar-refractivity contribution in [3.8, 4) is 5.75 Å². The highest BCUT2D eigenvalue weighted by atomic mass is 32.1. The summed E-state index contributed by atoms with van der Waals surface area (Å²) in [6.45, 7) is -0.889. The maximum Gasteiger partial charge on any atom is 0.422 e. The van der Waals surface area contributed by atoms with E-state index in [-0.39, 0.29) is 17.6 Å². The first-order chi connectivity index (χ1) is 14.8. The number of thiazole rings is 1. The number of hydrogen-bond acceptors (Lipinski definition) is 5. The summed E-state index contributed by atoms with van der Waals surface area (Å²) in [6, 6.07) is 12.6. The lowest BCUT2D eigenvalue weighted by Gasteiger charge is -2.23.